The van der Waals surface area contributed by atoms with Gasteiger partial charge in [0.25, 0.3) is 0 Å². The highest BCUT2D eigenvalue weighted by Crippen LogP contribution is 2.18. The van der Waals surface area contributed by atoms with Gasteiger partial charge in [-0.25, -0.2) is 0 Å². The fourth-order valence-electron chi connectivity index (χ4n) is 2.90. The lowest BCUT2D eigenvalue weighted by Crippen LogP contribution is -2.29. The molecule has 0 amide bonds. The normalized spacial score (nSPS) is 15.9. The Morgan fingerprint density at radius 2 is 1.65 bits per heavy atom. The van der Waals surface area contributed by atoms with Gasteiger partial charge < -0.3 is 4.74 Å². The van der Waals surface area contributed by atoms with E-state index in [0.29, 0.717) is 0 Å². The van der Waals surface area contributed by atoms with Gasteiger partial charge in [0.2, 0.25) is 0 Å². The molecule has 1 fully saturated rings. The van der Waals surface area contributed by atoms with Crippen molar-refractivity contribution in [3.05, 3.63) is 59.7 Å². The van der Waals surface area contributed by atoms with E-state index in [-0.39, 0.29) is 0 Å². The molecule has 1 heterocycles. The maximum absolute atomic E-state index is 5.15. The Morgan fingerprint density at radius 1 is 0.957 bits per heavy atom. The summed E-state index contributed by atoms with van der Waals surface area (Å²) in [5.41, 5.74) is 3.44. The number of nitrogens with zero attached hydrogens (tertiary/aromatic N) is 2. The van der Waals surface area contributed by atoms with E-state index in [1.165, 1.54) is 37.9 Å². The Bertz CT molecular complexity index is 626. The molecule has 2 aromatic carbocycles. The van der Waals surface area contributed by atoms with Gasteiger partial charge in [0.05, 0.1) is 12.8 Å². The minimum absolute atomic E-state index is 0.853. The predicted molar refractivity (Wildman–Crippen MR) is 95.8 cm³/mol. The highest BCUT2D eigenvalue weighted by Gasteiger charge is 2.09. The summed E-state index contributed by atoms with van der Waals surface area (Å²) < 4.78 is 5.15. The summed E-state index contributed by atoms with van der Waals surface area (Å²) >= 11 is 0. The minimum Gasteiger partial charge on any atom is -0.497 e. The molecular formula is C20H24N2O. The fourth-order valence-corrected chi connectivity index (χ4v) is 2.90. The van der Waals surface area contributed by atoms with Gasteiger partial charge in [-0.15, -0.1) is 0 Å². The maximum Gasteiger partial charge on any atom is 0.119 e. The summed E-state index contributed by atoms with van der Waals surface area (Å²) in [6.45, 7) is 3.54. The SMILES string of the molecule is COc1ccc(N=Cc2ccc(CN3CCCCC3)cc2)cc1. The molecule has 0 aromatic heterocycles. The molecular weight excluding hydrogens is 284 g/mol. The molecule has 120 valence electrons. The van der Waals surface area contributed by atoms with Crippen molar-refractivity contribution in [2.75, 3.05) is 20.2 Å². The number of rotatable bonds is 5. The van der Waals surface area contributed by atoms with Crippen molar-refractivity contribution in [3.63, 3.8) is 0 Å². The molecule has 3 rings (SSSR count). The molecule has 0 spiro atoms. The average molecular weight is 308 g/mol. The van der Waals surface area contributed by atoms with Crippen molar-refractivity contribution in [3.8, 4) is 5.75 Å². The fraction of sp³-hybridized carbons (Fsp3) is 0.350. The van der Waals surface area contributed by atoms with Crippen molar-refractivity contribution in [2.24, 2.45) is 4.99 Å². The van der Waals surface area contributed by atoms with Gasteiger partial charge in [-0.3, -0.25) is 9.89 Å². The molecule has 0 aliphatic carbocycles. The van der Waals surface area contributed by atoms with E-state index < -0.39 is 0 Å². The van der Waals surface area contributed by atoms with Crippen LogP contribution in [0.4, 0.5) is 5.69 Å². The molecule has 0 saturated carbocycles. The van der Waals surface area contributed by atoms with Crippen LogP contribution in [-0.2, 0) is 6.54 Å². The molecule has 2 aromatic rings. The highest BCUT2D eigenvalue weighted by atomic mass is 16.5. The van der Waals surface area contributed by atoms with Crippen LogP contribution in [0, 0.1) is 0 Å². The first-order valence-electron chi connectivity index (χ1n) is 8.33. The molecule has 1 saturated heterocycles. The van der Waals surface area contributed by atoms with E-state index in [1.807, 2.05) is 30.5 Å². The molecule has 3 nitrogen and oxygen atoms in total. The Balaban J connectivity index is 1.58. The molecule has 1 aliphatic rings. The van der Waals surface area contributed by atoms with E-state index in [4.69, 9.17) is 4.74 Å². The second-order valence-corrected chi connectivity index (χ2v) is 6.03. The smallest absolute Gasteiger partial charge is 0.119 e. The molecule has 0 radical (unpaired) electrons. The zero-order valence-corrected chi connectivity index (χ0v) is 13.7. The molecule has 0 N–H and O–H groups in total. The van der Waals surface area contributed by atoms with Crippen LogP contribution in [0.1, 0.15) is 30.4 Å². The van der Waals surface area contributed by atoms with Crippen molar-refractivity contribution in [2.45, 2.75) is 25.8 Å². The Hall–Kier alpha value is -2.13. The molecule has 0 bridgehead atoms. The summed E-state index contributed by atoms with van der Waals surface area (Å²) in [6.07, 6.45) is 5.98. The largest absolute Gasteiger partial charge is 0.497 e. The third-order valence-corrected chi connectivity index (χ3v) is 4.27. The number of aliphatic imine (C=N–C) groups is 1. The number of hydrogen-bond acceptors (Lipinski definition) is 3. The summed E-state index contributed by atoms with van der Waals surface area (Å²) in [5, 5.41) is 0. The highest BCUT2D eigenvalue weighted by molar-refractivity contribution is 5.81. The van der Waals surface area contributed by atoms with Crippen LogP contribution in [0.15, 0.2) is 53.5 Å². The molecule has 1 aliphatic heterocycles. The van der Waals surface area contributed by atoms with Crippen molar-refractivity contribution in [1.82, 2.24) is 4.90 Å². The van der Waals surface area contributed by atoms with E-state index >= 15 is 0 Å². The molecule has 0 atom stereocenters. The third-order valence-electron chi connectivity index (χ3n) is 4.27. The van der Waals surface area contributed by atoms with Crippen molar-refractivity contribution >= 4 is 11.9 Å². The average Bonchev–Trinajstić information content (AvgIpc) is 2.62. The van der Waals surface area contributed by atoms with Crippen LogP contribution >= 0.6 is 0 Å². The van der Waals surface area contributed by atoms with Gasteiger partial charge in [-0.1, -0.05) is 30.7 Å². The summed E-state index contributed by atoms with van der Waals surface area (Å²) in [6, 6.07) is 16.5. The predicted octanol–water partition coefficient (Wildman–Crippen LogP) is 4.43. The van der Waals surface area contributed by atoms with Crippen LogP contribution < -0.4 is 4.74 Å². The van der Waals surface area contributed by atoms with Crippen molar-refractivity contribution < 1.29 is 4.74 Å². The van der Waals surface area contributed by atoms with Gasteiger partial charge >= 0.3 is 0 Å². The Kier molecular flexibility index (Phi) is 5.43. The standard InChI is InChI=1S/C20H24N2O/c1-23-20-11-9-19(10-12-20)21-15-17-5-7-18(8-6-17)16-22-13-3-2-4-14-22/h5-12,15H,2-4,13-14,16H2,1H3. The van der Waals surface area contributed by atoms with Crippen LogP contribution in [0.25, 0.3) is 0 Å². The zero-order valence-electron chi connectivity index (χ0n) is 13.7. The van der Waals surface area contributed by atoms with E-state index in [2.05, 4.69) is 34.2 Å². The Labute approximate surface area is 138 Å². The lowest BCUT2D eigenvalue weighted by Gasteiger charge is -2.26. The van der Waals surface area contributed by atoms with Gasteiger partial charge in [0.1, 0.15) is 5.75 Å². The summed E-state index contributed by atoms with van der Waals surface area (Å²) in [7, 11) is 1.67. The quantitative estimate of drug-likeness (QED) is 0.763. The Morgan fingerprint density at radius 3 is 2.30 bits per heavy atom. The lowest BCUT2D eigenvalue weighted by molar-refractivity contribution is 0.221. The molecule has 23 heavy (non-hydrogen) atoms. The molecule has 3 heteroatoms. The summed E-state index contributed by atoms with van der Waals surface area (Å²) in [5.74, 6) is 0.853. The van der Waals surface area contributed by atoms with Crippen LogP contribution in [0.2, 0.25) is 0 Å². The first kappa shape index (κ1) is 15.8. The van der Waals surface area contributed by atoms with Crippen LogP contribution in [0.5, 0.6) is 5.75 Å². The zero-order chi connectivity index (χ0) is 15.9. The monoisotopic (exact) mass is 308 g/mol. The number of piperidine rings is 1. The molecule has 0 unspecified atom stereocenters. The van der Waals surface area contributed by atoms with E-state index in [0.717, 1.165) is 23.5 Å². The topological polar surface area (TPSA) is 24.8 Å². The first-order chi connectivity index (χ1) is 11.3. The number of benzene rings is 2. The van der Waals surface area contributed by atoms with Gasteiger partial charge in [0.15, 0.2) is 0 Å². The second kappa shape index (κ2) is 7.93. The van der Waals surface area contributed by atoms with E-state index in [9.17, 15) is 0 Å². The number of methoxy groups -OCH3 is 1. The third kappa shape index (κ3) is 4.67. The maximum atomic E-state index is 5.15. The lowest BCUT2D eigenvalue weighted by atomic mass is 10.1. The van der Waals surface area contributed by atoms with Gasteiger partial charge in [0, 0.05) is 12.8 Å². The number of likely N-dealkylation sites (tertiary alicyclic amines) is 1. The van der Waals surface area contributed by atoms with Crippen LogP contribution in [-0.4, -0.2) is 31.3 Å². The van der Waals surface area contributed by atoms with Crippen LogP contribution in [0.3, 0.4) is 0 Å². The second-order valence-electron chi connectivity index (χ2n) is 6.03. The number of ether oxygens (including phenoxy) is 1. The van der Waals surface area contributed by atoms with E-state index in [1.54, 1.807) is 7.11 Å². The van der Waals surface area contributed by atoms with Crippen molar-refractivity contribution in [1.29, 1.82) is 0 Å². The first-order valence-corrected chi connectivity index (χ1v) is 8.33. The minimum atomic E-state index is 0.853. The number of hydrogen-bond donors (Lipinski definition) is 0. The van der Waals surface area contributed by atoms with Gasteiger partial charge in [-0.05, 0) is 61.3 Å². The summed E-state index contributed by atoms with van der Waals surface area (Å²) in [4.78, 5) is 7.05. The van der Waals surface area contributed by atoms with Gasteiger partial charge in [-0.2, -0.15) is 0 Å².